The molecule has 3 rings (SSSR count). The fraction of sp³-hybridized carbons (Fsp3) is 0.562. The lowest BCUT2D eigenvalue weighted by molar-refractivity contribution is 0.563. The Morgan fingerprint density at radius 2 is 2.11 bits per heavy atom. The van der Waals surface area contributed by atoms with Crippen LogP contribution in [0.5, 0.6) is 0 Å². The van der Waals surface area contributed by atoms with Crippen LogP contribution in [0.3, 0.4) is 0 Å². The average molecular weight is 257 g/mol. The lowest BCUT2D eigenvalue weighted by Crippen LogP contribution is -2.17. The number of aryl methyl sites for hydroxylation is 2. The summed E-state index contributed by atoms with van der Waals surface area (Å²) in [5, 5.41) is 3.58. The largest absolute Gasteiger partial charge is 0.328 e. The topological polar surface area (TPSA) is 29.9 Å². The van der Waals surface area contributed by atoms with Gasteiger partial charge in [-0.25, -0.2) is 4.98 Å². The minimum atomic E-state index is 0.834. The molecule has 1 N–H and O–H groups in total. The molecule has 3 nitrogen and oxygen atoms in total. The van der Waals surface area contributed by atoms with Crippen LogP contribution in [0.25, 0.3) is 11.0 Å². The number of para-hydroxylation sites is 2. The highest BCUT2D eigenvalue weighted by Crippen LogP contribution is 2.19. The van der Waals surface area contributed by atoms with E-state index in [1.165, 1.54) is 43.6 Å². The fourth-order valence-electron chi connectivity index (χ4n) is 2.63. The number of hydrogen-bond donors (Lipinski definition) is 1. The summed E-state index contributed by atoms with van der Waals surface area (Å²) in [5.41, 5.74) is 2.42. The quantitative estimate of drug-likeness (QED) is 0.772. The molecule has 0 spiro atoms. The van der Waals surface area contributed by atoms with Crippen LogP contribution in [0.15, 0.2) is 24.3 Å². The van der Waals surface area contributed by atoms with Crippen molar-refractivity contribution in [3.05, 3.63) is 30.1 Å². The van der Waals surface area contributed by atoms with Gasteiger partial charge in [-0.3, -0.25) is 0 Å². The smallest absolute Gasteiger partial charge is 0.109 e. The van der Waals surface area contributed by atoms with Crippen molar-refractivity contribution in [2.75, 3.05) is 6.54 Å². The van der Waals surface area contributed by atoms with Crippen molar-refractivity contribution in [2.45, 2.75) is 51.6 Å². The molecule has 19 heavy (non-hydrogen) atoms. The summed E-state index contributed by atoms with van der Waals surface area (Å²) in [5.74, 6) is 1.22. The van der Waals surface area contributed by atoms with Gasteiger partial charge in [0, 0.05) is 19.0 Å². The van der Waals surface area contributed by atoms with Crippen LogP contribution in [0.1, 0.15) is 38.4 Å². The summed E-state index contributed by atoms with van der Waals surface area (Å²) < 4.78 is 2.40. The third-order valence-electron chi connectivity index (χ3n) is 3.87. The van der Waals surface area contributed by atoms with Gasteiger partial charge in [-0.2, -0.15) is 0 Å². The average Bonchev–Trinajstić information content (AvgIpc) is 3.19. The van der Waals surface area contributed by atoms with E-state index in [4.69, 9.17) is 4.98 Å². The van der Waals surface area contributed by atoms with E-state index in [9.17, 15) is 0 Å². The van der Waals surface area contributed by atoms with Crippen LogP contribution in [0.2, 0.25) is 0 Å². The van der Waals surface area contributed by atoms with Crippen molar-refractivity contribution in [1.29, 1.82) is 0 Å². The number of nitrogens with zero attached hydrogens (tertiary/aromatic N) is 2. The number of benzene rings is 1. The zero-order valence-corrected chi connectivity index (χ0v) is 11.7. The zero-order valence-electron chi connectivity index (χ0n) is 11.7. The second-order valence-corrected chi connectivity index (χ2v) is 5.46. The highest BCUT2D eigenvalue weighted by molar-refractivity contribution is 5.75. The van der Waals surface area contributed by atoms with Crippen molar-refractivity contribution >= 4 is 11.0 Å². The van der Waals surface area contributed by atoms with E-state index in [2.05, 4.69) is 41.1 Å². The predicted octanol–water partition coefficient (Wildman–Crippen LogP) is 3.13. The molecule has 0 radical (unpaired) electrons. The van der Waals surface area contributed by atoms with Gasteiger partial charge >= 0.3 is 0 Å². The van der Waals surface area contributed by atoms with Crippen LogP contribution in [-0.4, -0.2) is 22.1 Å². The number of nitrogens with one attached hydrogen (secondary N) is 1. The summed E-state index contributed by atoms with van der Waals surface area (Å²) in [6.07, 6.45) is 6.26. The molecule has 1 heterocycles. The lowest BCUT2D eigenvalue weighted by atomic mass is 10.2. The second kappa shape index (κ2) is 5.74. The Morgan fingerprint density at radius 3 is 2.89 bits per heavy atom. The minimum absolute atomic E-state index is 0.834. The minimum Gasteiger partial charge on any atom is -0.328 e. The standard InChI is InChI=1S/C16H23N3/c1-2-16-18-14-7-3-4-8-15(14)19(16)12-6-5-11-17-13-9-10-13/h3-4,7-8,13,17H,2,5-6,9-12H2,1H3. The van der Waals surface area contributed by atoms with E-state index in [0.717, 1.165) is 24.5 Å². The number of aromatic nitrogens is 2. The van der Waals surface area contributed by atoms with Gasteiger partial charge in [0.2, 0.25) is 0 Å². The van der Waals surface area contributed by atoms with Crippen molar-refractivity contribution in [3.63, 3.8) is 0 Å². The first-order valence-corrected chi connectivity index (χ1v) is 7.56. The maximum Gasteiger partial charge on any atom is 0.109 e. The molecule has 1 aromatic heterocycles. The maximum atomic E-state index is 4.72. The van der Waals surface area contributed by atoms with Crippen LogP contribution in [-0.2, 0) is 13.0 Å². The molecule has 0 atom stereocenters. The Morgan fingerprint density at radius 1 is 1.26 bits per heavy atom. The summed E-state index contributed by atoms with van der Waals surface area (Å²) in [6.45, 7) is 4.45. The normalized spacial score (nSPS) is 15.2. The molecule has 1 saturated carbocycles. The first-order chi connectivity index (χ1) is 9.38. The molecule has 0 unspecified atom stereocenters. The molecular weight excluding hydrogens is 234 g/mol. The molecule has 0 bridgehead atoms. The Labute approximate surface area is 115 Å². The number of unbranched alkanes of at least 4 members (excludes halogenated alkanes) is 1. The van der Waals surface area contributed by atoms with E-state index in [1.807, 2.05) is 0 Å². The molecule has 0 aliphatic heterocycles. The number of fused-ring (bicyclic) bond motifs is 1. The Kier molecular flexibility index (Phi) is 3.83. The Hall–Kier alpha value is -1.35. The molecular formula is C16H23N3. The number of hydrogen-bond acceptors (Lipinski definition) is 2. The van der Waals surface area contributed by atoms with Crippen molar-refractivity contribution in [1.82, 2.24) is 14.9 Å². The van der Waals surface area contributed by atoms with Crippen molar-refractivity contribution < 1.29 is 0 Å². The van der Waals surface area contributed by atoms with E-state index >= 15 is 0 Å². The highest BCUT2D eigenvalue weighted by atomic mass is 15.1. The lowest BCUT2D eigenvalue weighted by Gasteiger charge is -2.08. The van der Waals surface area contributed by atoms with E-state index in [-0.39, 0.29) is 0 Å². The molecule has 3 heteroatoms. The van der Waals surface area contributed by atoms with E-state index in [0.29, 0.717) is 0 Å². The Balaban J connectivity index is 1.61. The first kappa shape index (κ1) is 12.7. The van der Waals surface area contributed by atoms with Crippen molar-refractivity contribution in [2.24, 2.45) is 0 Å². The Bertz CT molecular complexity index is 540. The monoisotopic (exact) mass is 257 g/mol. The molecule has 1 aliphatic rings. The molecule has 1 aliphatic carbocycles. The van der Waals surface area contributed by atoms with Crippen LogP contribution in [0, 0.1) is 0 Å². The fourth-order valence-corrected chi connectivity index (χ4v) is 2.63. The van der Waals surface area contributed by atoms with Crippen LogP contribution < -0.4 is 5.32 Å². The third-order valence-corrected chi connectivity index (χ3v) is 3.87. The predicted molar refractivity (Wildman–Crippen MR) is 79.4 cm³/mol. The van der Waals surface area contributed by atoms with Crippen molar-refractivity contribution in [3.8, 4) is 0 Å². The number of imidazole rings is 1. The summed E-state index contributed by atoms with van der Waals surface area (Å²) in [4.78, 5) is 4.72. The van der Waals surface area contributed by atoms with E-state index < -0.39 is 0 Å². The van der Waals surface area contributed by atoms with Gasteiger partial charge in [0.05, 0.1) is 11.0 Å². The van der Waals surface area contributed by atoms with Gasteiger partial charge in [-0.1, -0.05) is 19.1 Å². The maximum absolute atomic E-state index is 4.72. The third kappa shape index (κ3) is 2.98. The first-order valence-electron chi connectivity index (χ1n) is 7.56. The second-order valence-electron chi connectivity index (χ2n) is 5.46. The van der Waals surface area contributed by atoms with Gasteiger partial charge in [0.1, 0.15) is 5.82 Å². The van der Waals surface area contributed by atoms with Crippen LogP contribution in [0.4, 0.5) is 0 Å². The summed E-state index contributed by atoms with van der Waals surface area (Å²) in [7, 11) is 0. The van der Waals surface area contributed by atoms with Gasteiger partial charge in [-0.15, -0.1) is 0 Å². The molecule has 2 aromatic rings. The van der Waals surface area contributed by atoms with Gasteiger partial charge < -0.3 is 9.88 Å². The molecule has 1 aromatic carbocycles. The summed E-state index contributed by atoms with van der Waals surface area (Å²) in [6, 6.07) is 9.30. The van der Waals surface area contributed by atoms with Gasteiger partial charge in [0.15, 0.2) is 0 Å². The van der Waals surface area contributed by atoms with Crippen LogP contribution >= 0.6 is 0 Å². The van der Waals surface area contributed by atoms with Gasteiger partial charge in [-0.05, 0) is 44.4 Å². The zero-order chi connectivity index (χ0) is 13.1. The SMILES string of the molecule is CCc1nc2ccccc2n1CCCCNC1CC1. The van der Waals surface area contributed by atoms with E-state index in [1.54, 1.807) is 0 Å². The van der Waals surface area contributed by atoms with Gasteiger partial charge in [0.25, 0.3) is 0 Å². The molecule has 102 valence electrons. The molecule has 0 saturated heterocycles. The molecule has 1 fully saturated rings. The highest BCUT2D eigenvalue weighted by Gasteiger charge is 2.19. The number of rotatable bonds is 7. The molecule has 0 amide bonds. The summed E-state index contributed by atoms with van der Waals surface area (Å²) >= 11 is 0.